The van der Waals surface area contributed by atoms with Crippen molar-refractivity contribution in [2.45, 2.75) is 13.0 Å². The molecule has 0 amide bonds. The summed E-state index contributed by atoms with van der Waals surface area (Å²) in [5, 5.41) is 9.28. The summed E-state index contributed by atoms with van der Waals surface area (Å²) in [6.07, 6.45) is 1.85. The van der Waals surface area contributed by atoms with Gasteiger partial charge >= 0.3 is 5.97 Å². The molecule has 0 fully saturated rings. The molecule has 0 bridgehead atoms. The first-order chi connectivity index (χ1) is 11.6. The predicted octanol–water partition coefficient (Wildman–Crippen LogP) is 3.37. The van der Waals surface area contributed by atoms with Gasteiger partial charge in [-0.3, -0.25) is 0 Å². The third-order valence-electron chi connectivity index (χ3n) is 4.09. The first kappa shape index (κ1) is 14.6. The number of aromatic carboxylic acids is 1. The highest BCUT2D eigenvalue weighted by Gasteiger charge is 2.25. The molecule has 2 heterocycles. The van der Waals surface area contributed by atoms with Crippen molar-refractivity contribution in [2.75, 3.05) is 13.2 Å². The van der Waals surface area contributed by atoms with Crippen molar-refractivity contribution in [3.05, 3.63) is 59.2 Å². The Morgan fingerprint density at radius 1 is 1.08 bits per heavy atom. The Bertz CT molecular complexity index is 853. The highest BCUT2D eigenvalue weighted by molar-refractivity contribution is 5.93. The lowest BCUT2D eigenvalue weighted by Gasteiger charge is -2.27. The Morgan fingerprint density at radius 3 is 2.75 bits per heavy atom. The summed E-state index contributed by atoms with van der Waals surface area (Å²) in [5.74, 6) is 1.09. The Balaban J connectivity index is 1.90. The fraction of sp³-hybridized carbons (Fsp3) is 0.211. The molecule has 5 heteroatoms. The van der Waals surface area contributed by atoms with Gasteiger partial charge in [-0.1, -0.05) is 12.1 Å². The molecule has 0 radical (unpaired) electrons. The van der Waals surface area contributed by atoms with Gasteiger partial charge in [0.1, 0.15) is 25.1 Å². The van der Waals surface area contributed by atoms with Crippen LogP contribution in [-0.4, -0.2) is 30.4 Å². The van der Waals surface area contributed by atoms with E-state index in [0.29, 0.717) is 30.5 Å². The molecular formula is C19H16O5. The lowest BCUT2D eigenvalue weighted by molar-refractivity contribution is 0.0697. The topological polar surface area (TPSA) is 65.0 Å². The third-order valence-corrected chi connectivity index (χ3v) is 4.09. The molecule has 5 nitrogen and oxygen atoms in total. The zero-order chi connectivity index (χ0) is 16.7. The van der Waals surface area contributed by atoms with Gasteiger partial charge in [0.25, 0.3) is 0 Å². The van der Waals surface area contributed by atoms with Crippen LogP contribution in [0, 0.1) is 0 Å². The molecule has 0 saturated heterocycles. The van der Waals surface area contributed by atoms with Gasteiger partial charge in [0.2, 0.25) is 0 Å². The van der Waals surface area contributed by atoms with E-state index in [0.717, 1.165) is 16.7 Å². The van der Waals surface area contributed by atoms with Crippen molar-refractivity contribution >= 4 is 11.5 Å². The first-order valence-electron chi connectivity index (χ1n) is 7.78. The number of carboxylic acid groups (broad SMARTS) is 1. The van der Waals surface area contributed by atoms with Crippen LogP contribution in [0.25, 0.3) is 5.57 Å². The molecular weight excluding hydrogens is 308 g/mol. The fourth-order valence-electron chi connectivity index (χ4n) is 3.06. The number of fused-ring (bicyclic) bond motifs is 2. The van der Waals surface area contributed by atoms with E-state index in [9.17, 15) is 9.90 Å². The van der Waals surface area contributed by atoms with Crippen molar-refractivity contribution in [3.8, 4) is 17.2 Å². The normalized spacial score (nSPS) is 18.2. The average molecular weight is 324 g/mol. The summed E-state index contributed by atoms with van der Waals surface area (Å²) in [4.78, 5) is 11.3. The van der Waals surface area contributed by atoms with Crippen LogP contribution in [0.2, 0.25) is 0 Å². The van der Waals surface area contributed by atoms with Crippen LogP contribution in [0.15, 0.2) is 42.5 Å². The van der Waals surface area contributed by atoms with Crippen molar-refractivity contribution in [2.24, 2.45) is 0 Å². The summed E-state index contributed by atoms with van der Waals surface area (Å²) in [5.41, 5.74) is 2.75. The van der Waals surface area contributed by atoms with E-state index in [1.807, 2.05) is 31.2 Å². The van der Waals surface area contributed by atoms with Crippen LogP contribution >= 0.6 is 0 Å². The Hall–Kier alpha value is -2.95. The molecule has 24 heavy (non-hydrogen) atoms. The number of rotatable bonds is 2. The number of carbonyl (C=O) groups is 1. The second-order valence-corrected chi connectivity index (χ2v) is 5.75. The lowest BCUT2D eigenvalue weighted by atomic mass is 9.91. The molecule has 1 atom stereocenters. The molecule has 2 aromatic carbocycles. The highest BCUT2D eigenvalue weighted by Crippen LogP contribution is 2.44. The molecule has 1 N–H and O–H groups in total. The summed E-state index contributed by atoms with van der Waals surface area (Å²) < 4.78 is 17.3. The molecule has 122 valence electrons. The molecule has 4 rings (SSSR count). The van der Waals surface area contributed by atoms with Crippen molar-refractivity contribution in [3.63, 3.8) is 0 Å². The van der Waals surface area contributed by atoms with Gasteiger partial charge in [-0.05, 0) is 42.8 Å². The number of ether oxygens (including phenoxy) is 3. The minimum atomic E-state index is -0.967. The van der Waals surface area contributed by atoms with Crippen molar-refractivity contribution in [1.82, 2.24) is 0 Å². The Kier molecular flexibility index (Phi) is 3.41. The first-order valence-corrected chi connectivity index (χ1v) is 7.78. The zero-order valence-corrected chi connectivity index (χ0v) is 13.1. The van der Waals surface area contributed by atoms with Crippen molar-refractivity contribution in [1.29, 1.82) is 0 Å². The predicted molar refractivity (Wildman–Crippen MR) is 88.0 cm³/mol. The monoisotopic (exact) mass is 324 g/mol. The average Bonchev–Trinajstić information content (AvgIpc) is 2.60. The number of para-hydroxylation sites is 1. The quantitative estimate of drug-likeness (QED) is 0.917. The smallest absolute Gasteiger partial charge is 0.335 e. The van der Waals surface area contributed by atoms with Gasteiger partial charge in [0.15, 0.2) is 11.5 Å². The van der Waals surface area contributed by atoms with Crippen LogP contribution in [0.5, 0.6) is 17.2 Å². The van der Waals surface area contributed by atoms with Crippen LogP contribution < -0.4 is 14.2 Å². The molecule has 0 aliphatic carbocycles. The molecule has 2 aliphatic rings. The van der Waals surface area contributed by atoms with Crippen LogP contribution in [0.4, 0.5) is 0 Å². The van der Waals surface area contributed by atoms with E-state index in [2.05, 4.69) is 0 Å². The van der Waals surface area contributed by atoms with Gasteiger partial charge in [-0.2, -0.15) is 0 Å². The lowest BCUT2D eigenvalue weighted by Crippen LogP contribution is -2.19. The van der Waals surface area contributed by atoms with E-state index in [4.69, 9.17) is 14.2 Å². The maximum absolute atomic E-state index is 11.3. The number of hydrogen-bond donors (Lipinski definition) is 1. The maximum Gasteiger partial charge on any atom is 0.335 e. The maximum atomic E-state index is 11.3. The van der Waals surface area contributed by atoms with Crippen molar-refractivity contribution < 1.29 is 24.1 Å². The number of hydrogen-bond acceptors (Lipinski definition) is 4. The van der Waals surface area contributed by atoms with Crippen LogP contribution in [0.1, 0.15) is 28.4 Å². The number of carboxylic acids is 1. The minimum absolute atomic E-state index is 0.122. The van der Waals surface area contributed by atoms with Gasteiger partial charge in [-0.25, -0.2) is 4.79 Å². The molecule has 0 saturated carbocycles. The molecule has 0 spiro atoms. The summed E-state index contributed by atoms with van der Waals surface area (Å²) in [6, 6.07) is 10.6. The zero-order valence-electron chi connectivity index (χ0n) is 13.1. The van der Waals surface area contributed by atoms with E-state index in [-0.39, 0.29) is 11.7 Å². The van der Waals surface area contributed by atoms with E-state index >= 15 is 0 Å². The standard InChI is InChI=1S/C19H16O5/c1-11-9-14(13-3-2-4-17-18(13)23-8-7-22-17)15-10-12(19(20)21)5-6-16(15)24-11/h2-6,9-11H,7-8H2,1H3,(H,20,21). The fourth-order valence-corrected chi connectivity index (χ4v) is 3.06. The van der Waals surface area contributed by atoms with Gasteiger partial charge in [-0.15, -0.1) is 0 Å². The summed E-state index contributed by atoms with van der Waals surface area (Å²) in [7, 11) is 0. The second-order valence-electron chi connectivity index (χ2n) is 5.75. The van der Waals surface area contributed by atoms with Gasteiger partial charge < -0.3 is 19.3 Å². The van der Waals surface area contributed by atoms with Gasteiger partial charge in [0, 0.05) is 11.1 Å². The summed E-state index contributed by atoms with van der Waals surface area (Å²) >= 11 is 0. The third kappa shape index (κ3) is 2.38. The van der Waals surface area contributed by atoms with E-state index in [1.165, 1.54) is 0 Å². The van der Waals surface area contributed by atoms with E-state index < -0.39 is 5.97 Å². The number of benzene rings is 2. The minimum Gasteiger partial charge on any atom is -0.486 e. The molecule has 1 unspecified atom stereocenters. The second kappa shape index (κ2) is 5.60. The van der Waals surface area contributed by atoms with E-state index in [1.54, 1.807) is 18.2 Å². The van der Waals surface area contributed by atoms with Crippen LogP contribution in [0.3, 0.4) is 0 Å². The highest BCUT2D eigenvalue weighted by atomic mass is 16.6. The Labute approximate surface area is 139 Å². The SMILES string of the molecule is CC1C=C(c2cccc3c2OCCO3)c2cc(C(=O)O)ccc2O1. The summed E-state index contributed by atoms with van der Waals surface area (Å²) in [6.45, 7) is 2.96. The molecule has 2 aromatic rings. The largest absolute Gasteiger partial charge is 0.486 e. The molecule has 2 aliphatic heterocycles. The van der Waals surface area contributed by atoms with Gasteiger partial charge in [0.05, 0.1) is 5.56 Å². The molecule has 0 aromatic heterocycles. The Morgan fingerprint density at radius 2 is 1.92 bits per heavy atom. The van der Waals surface area contributed by atoms with Crippen LogP contribution in [-0.2, 0) is 0 Å².